The van der Waals surface area contributed by atoms with Gasteiger partial charge in [-0.05, 0) is 57.4 Å². The van der Waals surface area contributed by atoms with E-state index < -0.39 is 0 Å². The summed E-state index contributed by atoms with van der Waals surface area (Å²) in [5.41, 5.74) is 7.05. The highest BCUT2D eigenvalue weighted by Gasteiger charge is 2.28. The first-order valence-electron chi connectivity index (χ1n) is 9.85. The number of aryl methyl sites for hydroxylation is 3. The average Bonchev–Trinajstić information content (AvgIpc) is 3.30. The van der Waals surface area contributed by atoms with Gasteiger partial charge in [-0.15, -0.1) is 0 Å². The van der Waals surface area contributed by atoms with Crippen LogP contribution in [-0.4, -0.2) is 17.5 Å². The fourth-order valence-electron chi connectivity index (χ4n) is 3.71. The number of carbonyl (C=O) groups is 2. The van der Waals surface area contributed by atoms with Crippen LogP contribution in [0.4, 0.5) is 5.69 Å². The molecular formula is C23H23N3O4. The van der Waals surface area contributed by atoms with Gasteiger partial charge in [-0.1, -0.05) is 12.1 Å². The first-order valence-corrected chi connectivity index (χ1v) is 9.85. The largest absolute Gasteiger partial charge is 0.469 e. The van der Waals surface area contributed by atoms with Crippen LogP contribution in [0.1, 0.15) is 62.0 Å². The molecule has 7 heteroatoms. The van der Waals surface area contributed by atoms with E-state index in [-0.39, 0.29) is 17.6 Å². The van der Waals surface area contributed by atoms with Crippen molar-refractivity contribution in [1.29, 1.82) is 0 Å². The summed E-state index contributed by atoms with van der Waals surface area (Å²) in [7, 11) is 0. The van der Waals surface area contributed by atoms with Crippen molar-refractivity contribution < 1.29 is 18.4 Å². The van der Waals surface area contributed by atoms with Gasteiger partial charge in [-0.3, -0.25) is 9.59 Å². The molecule has 0 unspecified atom stereocenters. The molecule has 3 aromatic rings. The van der Waals surface area contributed by atoms with E-state index in [1.165, 1.54) is 6.26 Å². The summed E-state index contributed by atoms with van der Waals surface area (Å²) in [5.74, 6) is 0.893. The van der Waals surface area contributed by atoms with Crippen LogP contribution < -0.4 is 10.7 Å². The van der Waals surface area contributed by atoms with Gasteiger partial charge in [0.2, 0.25) is 0 Å². The molecule has 30 heavy (non-hydrogen) atoms. The van der Waals surface area contributed by atoms with Crippen LogP contribution in [0.15, 0.2) is 50.5 Å². The molecule has 0 bridgehead atoms. The van der Waals surface area contributed by atoms with Gasteiger partial charge in [0.15, 0.2) is 5.76 Å². The molecule has 1 aliphatic rings. The lowest BCUT2D eigenvalue weighted by Crippen LogP contribution is -2.22. The molecule has 0 saturated heterocycles. The van der Waals surface area contributed by atoms with Gasteiger partial charge >= 0.3 is 0 Å². The van der Waals surface area contributed by atoms with Crippen molar-refractivity contribution in [3.63, 3.8) is 0 Å². The van der Waals surface area contributed by atoms with Crippen LogP contribution in [0.25, 0.3) is 0 Å². The maximum absolute atomic E-state index is 12.8. The van der Waals surface area contributed by atoms with Crippen molar-refractivity contribution in [1.82, 2.24) is 5.43 Å². The molecule has 1 aromatic carbocycles. The Kier molecular flexibility index (Phi) is 5.27. The quantitative estimate of drug-likeness (QED) is 0.624. The highest BCUT2D eigenvalue weighted by Crippen LogP contribution is 2.30. The van der Waals surface area contributed by atoms with Gasteiger partial charge in [0, 0.05) is 23.2 Å². The Balaban J connectivity index is 1.58. The first kappa shape index (κ1) is 19.7. The lowest BCUT2D eigenvalue weighted by Gasteiger charge is -2.13. The number of hydrogen-bond donors (Lipinski definition) is 2. The van der Waals surface area contributed by atoms with E-state index in [9.17, 15) is 9.59 Å². The van der Waals surface area contributed by atoms with E-state index in [4.69, 9.17) is 8.83 Å². The topological polar surface area (TPSA) is 96.8 Å². The highest BCUT2D eigenvalue weighted by atomic mass is 16.4. The van der Waals surface area contributed by atoms with Gasteiger partial charge in [0.1, 0.15) is 11.5 Å². The predicted molar refractivity (Wildman–Crippen MR) is 113 cm³/mol. The van der Waals surface area contributed by atoms with Crippen LogP contribution in [0.3, 0.4) is 0 Å². The summed E-state index contributed by atoms with van der Waals surface area (Å²) < 4.78 is 11.1. The first-order chi connectivity index (χ1) is 14.4. The lowest BCUT2D eigenvalue weighted by molar-refractivity contribution is 0.0952. The summed E-state index contributed by atoms with van der Waals surface area (Å²) in [4.78, 5) is 25.1. The SMILES string of the molecule is Cc1cccc(NC(=O)c2oc3c(c2C)/C(=N/NC(=O)c2ccoc2C)CCC3)c1. The Hall–Kier alpha value is -3.61. The number of fused-ring (bicyclic) bond motifs is 1. The summed E-state index contributed by atoms with van der Waals surface area (Å²) in [6.07, 6.45) is 3.71. The Morgan fingerprint density at radius 2 is 1.90 bits per heavy atom. The van der Waals surface area contributed by atoms with Gasteiger partial charge in [0.05, 0.1) is 17.5 Å². The minimum absolute atomic E-state index is 0.271. The summed E-state index contributed by atoms with van der Waals surface area (Å²) in [6, 6.07) is 9.20. The second-order valence-electron chi connectivity index (χ2n) is 7.42. The number of nitrogens with one attached hydrogen (secondary N) is 2. The van der Waals surface area contributed by atoms with E-state index in [2.05, 4.69) is 15.8 Å². The van der Waals surface area contributed by atoms with Crippen molar-refractivity contribution in [3.8, 4) is 0 Å². The Morgan fingerprint density at radius 1 is 1.07 bits per heavy atom. The number of carbonyl (C=O) groups excluding carboxylic acids is 2. The van der Waals surface area contributed by atoms with E-state index in [1.54, 1.807) is 13.0 Å². The molecule has 1 aliphatic carbocycles. The number of hydrogen-bond acceptors (Lipinski definition) is 5. The summed E-state index contributed by atoms with van der Waals surface area (Å²) in [6.45, 7) is 5.53. The Labute approximate surface area is 174 Å². The molecule has 4 rings (SSSR count). The maximum atomic E-state index is 12.8. The molecule has 7 nitrogen and oxygen atoms in total. The van der Waals surface area contributed by atoms with E-state index in [0.717, 1.165) is 35.3 Å². The fourth-order valence-corrected chi connectivity index (χ4v) is 3.71. The van der Waals surface area contributed by atoms with Crippen molar-refractivity contribution >= 4 is 23.2 Å². The highest BCUT2D eigenvalue weighted by molar-refractivity contribution is 6.09. The van der Waals surface area contributed by atoms with Crippen molar-refractivity contribution in [2.75, 3.05) is 5.32 Å². The second-order valence-corrected chi connectivity index (χ2v) is 7.42. The molecule has 2 N–H and O–H groups in total. The molecule has 2 aromatic heterocycles. The van der Waals surface area contributed by atoms with Gasteiger partial charge in [-0.25, -0.2) is 5.43 Å². The molecule has 0 radical (unpaired) electrons. The monoisotopic (exact) mass is 405 g/mol. The molecule has 2 heterocycles. The van der Waals surface area contributed by atoms with Gasteiger partial charge in [0.25, 0.3) is 11.8 Å². The van der Waals surface area contributed by atoms with Crippen LogP contribution in [-0.2, 0) is 6.42 Å². The predicted octanol–water partition coefficient (Wildman–Crippen LogP) is 4.52. The van der Waals surface area contributed by atoms with Gasteiger partial charge in [-0.2, -0.15) is 5.10 Å². The van der Waals surface area contributed by atoms with Crippen LogP contribution in [0.5, 0.6) is 0 Å². The third kappa shape index (κ3) is 3.78. The van der Waals surface area contributed by atoms with Crippen molar-refractivity contribution in [2.24, 2.45) is 5.10 Å². The zero-order valence-electron chi connectivity index (χ0n) is 17.2. The number of amides is 2. The van der Waals surface area contributed by atoms with Gasteiger partial charge < -0.3 is 14.2 Å². The molecule has 0 spiro atoms. The zero-order valence-corrected chi connectivity index (χ0v) is 17.2. The maximum Gasteiger partial charge on any atom is 0.291 e. The van der Waals surface area contributed by atoms with E-state index in [0.29, 0.717) is 29.1 Å². The molecule has 154 valence electrons. The molecule has 2 amide bonds. The van der Waals surface area contributed by atoms with Crippen LogP contribution in [0.2, 0.25) is 0 Å². The molecule has 0 saturated carbocycles. The van der Waals surface area contributed by atoms with Crippen molar-refractivity contribution in [3.05, 3.63) is 76.1 Å². The van der Waals surface area contributed by atoms with Crippen LogP contribution >= 0.6 is 0 Å². The number of nitrogens with zero attached hydrogens (tertiary/aromatic N) is 1. The number of furan rings is 2. The van der Waals surface area contributed by atoms with E-state index in [1.807, 2.05) is 38.1 Å². The second kappa shape index (κ2) is 8.02. The Morgan fingerprint density at radius 3 is 2.63 bits per heavy atom. The number of rotatable bonds is 4. The zero-order chi connectivity index (χ0) is 21.3. The number of hydrazone groups is 1. The molecule has 0 atom stereocenters. The lowest BCUT2D eigenvalue weighted by atomic mass is 9.93. The third-order valence-corrected chi connectivity index (χ3v) is 5.20. The third-order valence-electron chi connectivity index (χ3n) is 5.20. The standard InChI is InChI=1S/C23H23N3O4/c1-13-6-4-7-16(12-13)24-23(28)21-14(2)20-18(8-5-9-19(20)30-21)25-26-22(27)17-10-11-29-15(17)3/h4,6-7,10-12H,5,8-9H2,1-3H3,(H,24,28)(H,26,27)/b25-18+. The number of benzene rings is 1. The normalized spacial score (nSPS) is 14.4. The smallest absolute Gasteiger partial charge is 0.291 e. The average molecular weight is 405 g/mol. The molecule has 0 fully saturated rings. The van der Waals surface area contributed by atoms with Crippen molar-refractivity contribution in [2.45, 2.75) is 40.0 Å². The number of anilines is 1. The summed E-state index contributed by atoms with van der Waals surface area (Å²) >= 11 is 0. The molecule has 0 aliphatic heterocycles. The molecular weight excluding hydrogens is 382 g/mol. The Bertz CT molecular complexity index is 1150. The summed E-state index contributed by atoms with van der Waals surface area (Å²) in [5, 5.41) is 7.22. The minimum Gasteiger partial charge on any atom is -0.469 e. The van der Waals surface area contributed by atoms with Crippen LogP contribution in [0, 0.1) is 20.8 Å². The minimum atomic E-state index is -0.334. The van der Waals surface area contributed by atoms with E-state index >= 15 is 0 Å². The fraction of sp³-hybridized carbons (Fsp3) is 0.261.